The second-order valence-corrected chi connectivity index (χ2v) is 8.95. The lowest BCUT2D eigenvalue weighted by molar-refractivity contribution is 0.125. The number of thioether (sulfide) groups is 1. The van der Waals surface area contributed by atoms with Crippen LogP contribution in [0.15, 0.2) is 12.7 Å². The fourth-order valence-electron chi connectivity index (χ4n) is 6.44. The van der Waals surface area contributed by atoms with Crippen molar-refractivity contribution in [1.82, 2.24) is 0 Å². The second-order valence-electron chi connectivity index (χ2n) is 7.61. The van der Waals surface area contributed by atoms with Crippen LogP contribution in [0.2, 0.25) is 0 Å². The summed E-state index contributed by atoms with van der Waals surface area (Å²) in [4.78, 5) is 0. The zero-order chi connectivity index (χ0) is 13.0. The smallest absolute Gasteiger partial charge is 0.00810 e. The molecule has 4 aliphatic rings. The Kier molecular flexibility index (Phi) is 3.25. The van der Waals surface area contributed by atoms with Crippen molar-refractivity contribution in [2.24, 2.45) is 41.4 Å². The van der Waals surface area contributed by atoms with Crippen LogP contribution in [-0.2, 0) is 0 Å². The summed E-state index contributed by atoms with van der Waals surface area (Å²) in [6, 6.07) is 0. The van der Waals surface area contributed by atoms with Gasteiger partial charge in [0.2, 0.25) is 0 Å². The van der Waals surface area contributed by atoms with E-state index in [2.05, 4.69) is 31.3 Å². The molecular weight excluding hydrogens is 248 g/mol. The van der Waals surface area contributed by atoms with E-state index in [1.807, 2.05) is 0 Å². The largest absolute Gasteiger partial charge is 0.158 e. The summed E-state index contributed by atoms with van der Waals surface area (Å²) in [5, 5.41) is 1.03. The monoisotopic (exact) mass is 276 g/mol. The van der Waals surface area contributed by atoms with Crippen LogP contribution < -0.4 is 0 Å². The summed E-state index contributed by atoms with van der Waals surface area (Å²) >= 11 is 2.33. The van der Waals surface area contributed by atoms with Crippen molar-refractivity contribution < 1.29 is 0 Å². The average Bonchev–Trinajstić information content (AvgIpc) is 3.15. The van der Waals surface area contributed by atoms with E-state index in [-0.39, 0.29) is 0 Å². The summed E-state index contributed by atoms with van der Waals surface area (Å²) in [5.41, 5.74) is 0. The minimum atomic E-state index is 0.881. The van der Waals surface area contributed by atoms with Gasteiger partial charge in [0.25, 0.3) is 0 Å². The maximum Gasteiger partial charge on any atom is 0.00810 e. The summed E-state index contributed by atoms with van der Waals surface area (Å²) in [5.74, 6) is 8.90. The van der Waals surface area contributed by atoms with E-state index in [1.165, 1.54) is 25.0 Å². The minimum absolute atomic E-state index is 0.881. The number of hydrogen-bond donors (Lipinski definition) is 0. The van der Waals surface area contributed by atoms with E-state index >= 15 is 0 Å². The molecule has 1 heteroatoms. The molecule has 2 unspecified atom stereocenters. The summed E-state index contributed by atoms with van der Waals surface area (Å²) in [6.07, 6.45) is 11.3. The molecule has 0 amide bonds. The SMILES string of the molecule is C=C[C@@H]1C[C@H]2C[C@@H]1C1C2[C@@H]2C[C@H](SCCCC)[C@H]1C2. The Labute approximate surface area is 122 Å². The molecule has 0 aliphatic heterocycles. The van der Waals surface area contributed by atoms with E-state index in [4.69, 9.17) is 0 Å². The van der Waals surface area contributed by atoms with Crippen LogP contribution >= 0.6 is 11.8 Å². The van der Waals surface area contributed by atoms with Gasteiger partial charge in [0.05, 0.1) is 0 Å². The maximum absolute atomic E-state index is 4.11. The highest BCUT2D eigenvalue weighted by molar-refractivity contribution is 7.99. The molecular formula is C18H28S. The topological polar surface area (TPSA) is 0 Å². The number of rotatable bonds is 5. The molecule has 4 aliphatic carbocycles. The molecule has 0 saturated heterocycles. The molecule has 0 spiro atoms. The molecule has 4 saturated carbocycles. The fraction of sp³-hybridized carbons (Fsp3) is 0.889. The highest BCUT2D eigenvalue weighted by atomic mass is 32.2. The Morgan fingerprint density at radius 1 is 1.05 bits per heavy atom. The number of unbranched alkanes of at least 4 members (excludes halogenated alkanes) is 1. The third-order valence-electron chi connectivity index (χ3n) is 6.94. The first-order valence-corrected chi connectivity index (χ1v) is 9.62. The molecule has 0 aromatic carbocycles. The van der Waals surface area contributed by atoms with Crippen molar-refractivity contribution in [3.63, 3.8) is 0 Å². The van der Waals surface area contributed by atoms with Gasteiger partial charge in [-0.25, -0.2) is 0 Å². The van der Waals surface area contributed by atoms with Crippen molar-refractivity contribution in [3.05, 3.63) is 12.7 Å². The lowest BCUT2D eigenvalue weighted by atomic mass is 9.67. The van der Waals surface area contributed by atoms with Crippen LogP contribution in [0.4, 0.5) is 0 Å². The Balaban J connectivity index is 1.47. The Morgan fingerprint density at radius 2 is 1.84 bits per heavy atom. The van der Waals surface area contributed by atoms with E-state index in [9.17, 15) is 0 Å². The van der Waals surface area contributed by atoms with Crippen molar-refractivity contribution in [2.45, 2.75) is 50.7 Å². The highest BCUT2D eigenvalue weighted by Crippen LogP contribution is 2.70. The third-order valence-corrected chi connectivity index (χ3v) is 8.44. The molecule has 0 nitrogen and oxygen atoms in total. The lowest BCUT2D eigenvalue weighted by Crippen LogP contribution is -2.36. The van der Waals surface area contributed by atoms with Gasteiger partial charge in [-0.15, -0.1) is 6.58 Å². The molecule has 0 heterocycles. The molecule has 4 fully saturated rings. The quantitative estimate of drug-likeness (QED) is 0.387. The van der Waals surface area contributed by atoms with Gasteiger partial charge < -0.3 is 0 Å². The Bertz CT molecular complexity index is 363. The van der Waals surface area contributed by atoms with Crippen LogP contribution in [0.5, 0.6) is 0 Å². The summed E-state index contributed by atoms with van der Waals surface area (Å²) < 4.78 is 0. The number of allylic oxidation sites excluding steroid dienone is 1. The van der Waals surface area contributed by atoms with Gasteiger partial charge in [0.1, 0.15) is 0 Å². The van der Waals surface area contributed by atoms with Crippen LogP contribution in [-0.4, -0.2) is 11.0 Å². The molecule has 19 heavy (non-hydrogen) atoms. The van der Waals surface area contributed by atoms with Gasteiger partial charge in [-0.3, -0.25) is 0 Å². The van der Waals surface area contributed by atoms with Crippen molar-refractivity contribution >= 4 is 11.8 Å². The first kappa shape index (κ1) is 12.8. The van der Waals surface area contributed by atoms with Crippen LogP contribution in [0.25, 0.3) is 0 Å². The molecule has 0 radical (unpaired) electrons. The number of hydrogen-bond acceptors (Lipinski definition) is 1. The first-order valence-electron chi connectivity index (χ1n) is 8.57. The van der Waals surface area contributed by atoms with E-state index in [0.29, 0.717) is 0 Å². The molecule has 106 valence electrons. The molecule has 0 N–H and O–H groups in total. The molecule has 4 rings (SSSR count). The summed E-state index contributed by atoms with van der Waals surface area (Å²) in [6.45, 7) is 6.43. The standard InChI is InChI=1S/C18H28S/c1-3-5-6-19-16-10-13-9-15(16)18-14-8-12(17(13)18)7-11(14)4-2/h4,11-18H,2-3,5-10H2,1H3/t11-,12+,13+,14+,15-,16+,17?,18?/m1/s1. The van der Waals surface area contributed by atoms with Crippen molar-refractivity contribution in [3.8, 4) is 0 Å². The predicted molar refractivity (Wildman–Crippen MR) is 84.2 cm³/mol. The van der Waals surface area contributed by atoms with Gasteiger partial charge in [-0.1, -0.05) is 19.4 Å². The van der Waals surface area contributed by atoms with Crippen LogP contribution in [0.3, 0.4) is 0 Å². The normalized spacial score (nSPS) is 53.7. The Hall–Kier alpha value is 0.0900. The van der Waals surface area contributed by atoms with Gasteiger partial charge in [-0.2, -0.15) is 11.8 Å². The van der Waals surface area contributed by atoms with Gasteiger partial charge in [0.15, 0.2) is 0 Å². The van der Waals surface area contributed by atoms with E-state index < -0.39 is 0 Å². The zero-order valence-corrected chi connectivity index (χ0v) is 13.1. The molecule has 0 aromatic rings. The van der Waals surface area contributed by atoms with Gasteiger partial charge >= 0.3 is 0 Å². The summed E-state index contributed by atoms with van der Waals surface area (Å²) in [7, 11) is 0. The molecule has 4 bridgehead atoms. The maximum atomic E-state index is 4.11. The molecule has 8 atom stereocenters. The number of fused-ring (bicyclic) bond motifs is 9. The van der Waals surface area contributed by atoms with Gasteiger partial charge in [0, 0.05) is 5.25 Å². The lowest BCUT2D eigenvalue weighted by Gasteiger charge is -2.41. The Morgan fingerprint density at radius 3 is 2.63 bits per heavy atom. The van der Waals surface area contributed by atoms with Crippen LogP contribution in [0, 0.1) is 41.4 Å². The average molecular weight is 276 g/mol. The predicted octanol–water partition coefficient (Wildman–Crippen LogP) is 5.00. The fourth-order valence-corrected chi connectivity index (χ4v) is 8.12. The van der Waals surface area contributed by atoms with E-state index in [0.717, 1.165) is 46.7 Å². The van der Waals surface area contributed by atoms with Crippen molar-refractivity contribution in [1.29, 1.82) is 0 Å². The highest BCUT2D eigenvalue weighted by Gasteiger charge is 2.63. The minimum Gasteiger partial charge on any atom is -0.158 e. The van der Waals surface area contributed by atoms with Crippen LogP contribution in [0.1, 0.15) is 45.4 Å². The second kappa shape index (κ2) is 4.83. The van der Waals surface area contributed by atoms with Gasteiger partial charge in [-0.05, 0) is 79.3 Å². The zero-order valence-electron chi connectivity index (χ0n) is 12.3. The first-order chi connectivity index (χ1) is 9.33. The van der Waals surface area contributed by atoms with Crippen molar-refractivity contribution in [2.75, 3.05) is 5.75 Å². The molecule has 0 aromatic heterocycles. The third kappa shape index (κ3) is 1.79. The van der Waals surface area contributed by atoms with E-state index in [1.54, 1.807) is 19.3 Å².